The van der Waals surface area contributed by atoms with Crippen LogP contribution in [0.2, 0.25) is 0 Å². The highest BCUT2D eigenvalue weighted by Crippen LogP contribution is 2.28. The number of hydrogen-bond donors (Lipinski definition) is 1. The molecule has 1 nitrogen and oxygen atoms in total. The van der Waals surface area contributed by atoms with Gasteiger partial charge in [0.2, 0.25) is 0 Å². The largest absolute Gasteiger partial charge is 0.416 e. The summed E-state index contributed by atoms with van der Waals surface area (Å²) in [7, 11) is 0. The van der Waals surface area contributed by atoms with Crippen LogP contribution in [0.4, 0.5) is 13.2 Å². The van der Waals surface area contributed by atoms with E-state index < -0.39 is 11.7 Å². The van der Waals surface area contributed by atoms with E-state index in [1.165, 1.54) is 24.3 Å². The van der Waals surface area contributed by atoms with Crippen molar-refractivity contribution in [3.8, 4) is 11.8 Å². The maximum absolute atomic E-state index is 12.2. The van der Waals surface area contributed by atoms with Crippen molar-refractivity contribution in [2.45, 2.75) is 6.18 Å². The Morgan fingerprint density at radius 2 is 1.81 bits per heavy atom. The minimum absolute atomic E-state index is 0.109. The molecule has 1 N–H and O–H groups in total. The van der Waals surface area contributed by atoms with Crippen LogP contribution in [0, 0.1) is 11.8 Å². The van der Waals surface area contributed by atoms with Gasteiger partial charge in [0.1, 0.15) is 0 Å². The molecule has 0 aromatic heterocycles. The van der Waals surface area contributed by atoms with E-state index in [9.17, 15) is 13.2 Å². The van der Waals surface area contributed by atoms with Gasteiger partial charge in [-0.3, -0.25) is 0 Å². The number of alkyl halides is 3. The molecule has 1 rings (SSSR count). The summed E-state index contributed by atoms with van der Waals surface area (Å²) in [6.07, 6.45) is -1.43. The van der Waals surface area contributed by atoms with Gasteiger partial charge in [0.25, 0.3) is 0 Å². The van der Waals surface area contributed by atoms with E-state index in [1.54, 1.807) is 0 Å². The number of halogens is 3. The average Bonchev–Trinajstić information content (AvgIpc) is 2.24. The third-order valence-corrected chi connectivity index (χ3v) is 1.74. The molecule has 0 saturated carbocycles. The van der Waals surface area contributed by atoms with Crippen molar-refractivity contribution in [2.24, 2.45) is 0 Å². The van der Waals surface area contributed by atoms with Crippen molar-refractivity contribution >= 4 is 0 Å². The SMILES string of the molecule is OC/C=C/C#Cc1ccc(C(F)(F)F)cc1. The minimum atomic E-state index is -4.32. The zero-order valence-corrected chi connectivity index (χ0v) is 8.25. The van der Waals surface area contributed by atoms with Crippen LogP contribution >= 0.6 is 0 Å². The van der Waals surface area contributed by atoms with Gasteiger partial charge in [0.15, 0.2) is 0 Å². The first-order valence-electron chi connectivity index (χ1n) is 4.48. The molecular formula is C12H9F3O. The Morgan fingerprint density at radius 3 is 2.31 bits per heavy atom. The van der Waals surface area contributed by atoms with Gasteiger partial charge in [-0.25, -0.2) is 0 Å². The summed E-state index contributed by atoms with van der Waals surface area (Å²) >= 11 is 0. The van der Waals surface area contributed by atoms with Crippen molar-refractivity contribution in [1.82, 2.24) is 0 Å². The van der Waals surface area contributed by atoms with Gasteiger partial charge in [-0.2, -0.15) is 13.2 Å². The van der Waals surface area contributed by atoms with E-state index in [0.717, 1.165) is 12.1 Å². The summed E-state index contributed by atoms with van der Waals surface area (Å²) < 4.78 is 36.6. The third-order valence-electron chi connectivity index (χ3n) is 1.74. The van der Waals surface area contributed by atoms with Gasteiger partial charge in [0.05, 0.1) is 12.2 Å². The zero-order valence-electron chi connectivity index (χ0n) is 8.25. The van der Waals surface area contributed by atoms with Crippen molar-refractivity contribution in [2.75, 3.05) is 6.61 Å². The smallest absolute Gasteiger partial charge is 0.392 e. The molecule has 0 amide bonds. The number of rotatable bonds is 1. The Bertz CT molecular complexity index is 418. The summed E-state index contributed by atoms with van der Waals surface area (Å²) in [5, 5.41) is 8.41. The first kappa shape index (κ1) is 12.3. The second-order valence-corrected chi connectivity index (χ2v) is 2.93. The Kier molecular flexibility index (Phi) is 4.15. The maximum atomic E-state index is 12.2. The second-order valence-electron chi connectivity index (χ2n) is 2.93. The summed E-state index contributed by atoms with van der Waals surface area (Å²) in [4.78, 5) is 0. The Labute approximate surface area is 91.2 Å². The fraction of sp³-hybridized carbons (Fsp3) is 0.167. The molecule has 0 aliphatic rings. The van der Waals surface area contributed by atoms with Crippen molar-refractivity contribution in [1.29, 1.82) is 0 Å². The number of hydrogen-bond acceptors (Lipinski definition) is 1. The Morgan fingerprint density at radius 1 is 1.19 bits per heavy atom. The van der Waals surface area contributed by atoms with Gasteiger partial charge in [-0.1, -0.05) is 17.9 Å². The molecule has 1 aromatic rings. The fourth-order valence-electron chi connectivity index (χ4n) is 0.979. The predicted octanol–water partition coefficient (Wildman–Crippen LogP) is 2.61. The summed E-state index contributed by atoms with van der Waals surface area (Å²) in [6, 6.07) is 4.59. The van der Waals surface area contributed by atoms with Crippen LogP contribution < -0.4 is 0 Å². The lowest BCUT2D eigenvalue weighted by molar-refractivity contribution is -0.137. The highest BCUT2D eigenvalue weighted by molar-refractivity contribution is 5.38. The van der Waals surface area contributed by atoms with Crippen LogP contribution in [0.15, 0.2) is 36.4 Å². The summed E-state index contributed by atoms with van der Waals surface area (Å²) in [6.45, 7) is -0.109. The normalized spacial score (nSPS) is 11.2. The van der Waals surface area contributed by atoms with Crippen LogP contribution in [0.3, 0.4) is 0 Å². The monoisotopic (exact) mass is 226 g/mol. The third kappa shape index (κ3) is 3.79. The molecule has 0 bridgehead atoms. The van der Waals surface area contributed by atoms with Gasteiger partial charge >= 0.3 is 6.18 Å². The molecule has 84 valence electrons. The maximum Gasteiger partial charge on any atom is 0.416 e. The molecule has 0 unspecified atom stereocenters. The number of allylic oxidation sites excluding steroid dienone is 1. The predicted molar refractivity (Wildman–Crippen MR) is 54.5 cm³/mol. The Hall–Kier alpha value is -1.73. The molecule has 0 aliphatic carbocycles. The van der Waals surface area contributed by atoms with Gasteiger partial charge in [0, 0.05) is 5.56 Å². The van der Waals surface area contributed by atoms with E-state index in [0.29, 0.717) is 5.56 Å². The molecule has 1 aromatic carbocycles. The van der Waals surface area contributed by atoms with Gasteiger partial charge < -0.3 is 5.11 Å². The van der Waals surface area contributed by atoms with E-state index in [-0.39, 0.29) is 6.61 Å². The first-order chi connectivity index (χ1) is 7.54. The van der Waals surface area contributed by atoms with Gasteiger partial charge in [-0.05, 0) is 30.3 Å². The fourth-order valence-corrected chi connectivity index (χ4v) is 0.979. The lowest BCUT2D eigenvalue weighted by Crippen LogP contribution is -2.03. The highest BCUT2D eigenvalue weighted by Gasteiger charge is 2.29. The van der Waals surface area contributed by atoms with Crippen LogP contribution in [-0.2, 0) is 6.18 Å². The lowest BCUT2D eigenvalue weighted by atomic mass is 10.1. The van der Waals surface area contributed by atoms with E-state index in [1.807, 2.05) is 0 Å². The molecule has 4 heteroatoms. The van der Waals surface area contributed by atoms with E-state index >= 15 is 0 Å². The molecule has 0 aliphatic heterocycles. The number of aliphatic hydroxyl groups is 1. The minimum Gasteiger partial charge on any atom is -0.392 e. The van der Waals surface area contributed by atoms with Gasteiger partial charge in [-0.15, -0.1) is 0 Å². The van der Waals surface area contributed by atoms with Crippen molar-refractivity contribution < 1.29 is 18.3 Å². The molecule has 0 heterocycles. The zero-order chi connectivity index (χ0) is 12.0. The van der Waals surface area contributed by atoms with Crippen molar-refractivity contribution in [3.05, 3.63) is 47.5 Å². The molecule has 0 atom stereocenters. The Balaban J connectivity index is 2.79. The number of aliphatic hydroxyl groups excluding tert-OH is 1. The van der Waals surface area contributed by atoms with Crippen LogP contribution in [0.1, 0.15) is 11.1 Å². The summed E-state index contributed by atoms with van der Waals surface area (Å²) in [5.41, 5.74) is -0.195. The quantitative estimate of drug-likeness (QED) is 0.730. The highest BCUT2D eigenvalue weighted by atomic mass is 19.4. The molecule has 0 saturated heterocycles. The molecule has 0 spiro atoms. The first-order valence-corrected chi connectivity index (χ1v) is 4.48. The molecule has 0 radical (unpaired) electrons. The number of benzene rings is 1. The van der Waals surface area contributed by atoms with Crippen molar-refractivity contribution in [3.63, 3.8) is 0 Å². The van der Waals surface area contributed by atoms with Crippen LogP contribution in [0.25, 0.3) is 0 Å². The van der Waals surface area contributed by atoms with E-state index in [4.69, 9.17) is 5.11 Å². The summed E-state index contributed by atoms with van der Waals surface area (Å²) in [5.74, 6) is 5.23. The second kappa shape index (κ2) is 5.38. The van der Waals surface area contributed by atoms with Crippen LogP contribution in [0.5, 0.6) is 0 Å². The standard InChI is InChI=1S/C12H9F3O/c13-12(14,15)11-7-5-10(6-8-11)4-2-1-3-9-16/h1,3,5-8,16H,9H2/b3-1+. The van der Waals surface area contributed by atoms with E-state index in [2.05, 4.69) is 11.8 Å². The average molecular weight is 226 g/mol. The lowest BCUT2D eigenvalue weighted by Gasteiger charge is -2.05. The molecular weight excluding hydrogens is 217 g/mol. The van der Waals surface area contributed by atoms with Crippen LogP contribution in [-0.4, -0.2) is 11.7 Å². The topological polar surface area (TPSA) is 20.2 Å². The molecule has 16 heavy (non-hydrogen) atoms. The molecule has 0 fully saturated rings.